The predicted octanol–water partition coefficient (Wildman–Crippen LogP) is 5.05. The summed E-state index contributed by atoms with van der Waals surface area (Å²) in [4.78, 5) is 12.4. The van der Waals surface area contributed by atoms with Crippen molar-refractivity contribution in [1.29, 1.82) is 5.26 Å². The highest BCUT2D eigenvalue weighted by atomic mass is 19.1. The second kappa shape index (κ2) is 10.6. The molecule has 32 heavy (non-hydrogen) atoms. The molecule has 0 radical (unpaired) electrons. The maximum Gasteiger partial charge on any atom is 0.266 e. The topological polar surface area (TPSA) is 91.6 Å². The molecular formula is C25H21FN2O4. The van der Waals surface area contributed by atoms with E-state index in [4.69, 9.17) is 9.47 Å². The summed E-state index contributed by atoms with van der Waals surface area (Å²) in [6, 6.07) is 19.1. The molecule has 1 amide bonds. The van der Waals surface area contributed by atoms with E-state index >= 15 is 0 Å². The van der Waals surface area contributed by atoms with E-state index in [0.29, 0.717) is 34.9 Å². The number of phenolic OH excluding ortho intramolecular Hbond substituents is 1. The van der Waals surface area contributed by atoms with Gasteiger partial charge in [-0.15, -0.1) is 0 Å². The van der Waals surface area contributed by atoms with Crippen LogP contribution < -0.4 is 14.8 Å². The third-order valence-corrected chi connectivity index (χ3v) is 4.41. The van der Waals surface area contributed by atoms with Crippen LogP contribution in [0.4, 0.5) is 10.1 Å². The van der Waals surface area contributed by atoms with Crippen molar-refractivity contribution in [2.75, 3.05) is 11.9 Å². The maximum absolute atomic E-state index is 13.8. The van der Waals surface area contributed by atoms with Crippen molar-refractivity contribution in [3.63, 3.8) is 0 Å². The van der Waals surface area contributed by atoms with Gasteiger partial charge < -0.3 is 19.9 Å². The van der Waals surface area contributed by atoms with E-state index in [-0.39, 0.29) is 23.7 Å². The Morgan fingerprint density at radius 1 is 1.09 bits per heavy atom. The molecule has 6 nitrogen and oxygen atoms in total. The second-order valence-electron chi connectivity index (χ2n) is 6.69. The van der Waals surface area contributed by atoms with Crippen LogP contribution >= 0.6 is 0 Å². The van der Waals surface area contributed by atoms with Crippen LogP contribution in [0.2, 0.25) is 0 Å². The van der Waals surface area contributed by atoms with Crippen LogP contribution in [0, 0.1) is 17.1 Å². The number of carbonyl (C=O) groups is 1. The number of phenols is 1. The van der Waals surface area contributed by atoms with Crippen LogP contribution in [0.15, 0.2) is 72.3 Å². The number of benzene rings is 3. The Balaban J connectivity index is 1.78. The first-order valence-corrected chi connectivity index (χ1v) is 9.85. The molecule has 2 N–H and O–H groups in total. The first-order valence-electron chi connectivity index (χ1n) is 9.85. The Kier molecular flexibility index (Phi) is 7.44. The lowest BCUT2D eigenvalue weighted by Crippen LogP contribution is -2.13. The molecule has 0 saturated heterocycles. The van der Waals surface area contributed by atoms with Crippen molar-refractivity contribution in [2.24, 2.45) is 0 Å². The zero-order chi connectivity index (χ0) is 22.9. The number of nitrogens with zero attached hydrogens (tertiary/aromatic N) is 1. The van der Waals surface area contributed by atoms with Crippen LogP contribution in [-0.2, 0) is 11.4 Å². The van der Waals surface area contributed by atoms with Crippen molar-refractivity contribution in [1.82, 2.24) is 0 Å². The Hall–Kier alpha value is -4.31. The predicted molar refractivity (Wildman–Crippen MR) is 119 cm³/mol. The molecule has 0 aliphatic carbocycles. The maximum atomic E-state index is 13.8. The highest BCUT2D eigenvalue weighted by molar-refractivity contribution is 6.09. The number of ether oxygens (including phenoxy) is 2. The Labute approximate surface area is 185 Å². The first-order chi connectivity index (χ1) is 15.5. The zero-order valence-corrected chi connectivity index (χ0v) is 17.3. The highest BCUT2D eigenvalue weighted by Crippen LogP contribution is 2.30. The minimum Gasteiger partial charge on any atom is -0.508 e. The molecule has 3 aromatic rings. The van der Waals surface area contributed by atoms with Gasteiger partial charge in [0.1, 0.15) is 29.8 Å². The van der Waals surface area contributed by atoms with Crippen LogP contribution in [-0.4, -0.2) is 17.6 Å². The van der Waals surface area contributed by atoms with Crippen molar-refractivity contribution in [3.05, 3.63) is 89.2 Å². The van der Waals surface area contributed by atoms with Gasteiger partial charge in [0.15, 0.2) is 11.5 Å². The van der Waals surface area contributed by atoms with E-state index in [1.807, 2.05) is 13.0 Å². The summed E-state index contributed by atoms with van der Waals surface area (Å²) in [5, 5.41) is 21.4. The van der Waals surface area contributed by atoms with Gasteiger partial charge in [-0.1, -0.05) is 24.3 Å². The van der Waals surface area contributed by atoms with Crippen LogP contribution in [0.25, 0.3) is 6.08 Å². The fourth-order valence-electron chi connectivity index (χ4n) is 2.83. The van der Waals surface area contributed by atoms with Gasteiger partial charge in [-0.05, 0) is 61.0 Å². The fourth-order valence-corrected chi connectivity index (χ4v) is 2.83. The molecule has 0 bridgehead atoms. The van der Waals surface area contributed by atoms with E-state index in [2.05, 4.69) is 5.32 Å². The molecule has 0 heterocycles. The van der Waals surface area contributed by atoms with E-state index < -0.39 is 5.91 Å². The molecule has 0 atom stereocenters. The van der Waals surface area contributed by atoms with Gasteiger partial charge in [-0.2, -0.15) is 5.26 Å². The molecule has 0 aliphatic rings. The SMILES string of the molecule is CCOc1cc(/C=C(\C#N)C(=O)Nc2ccc(O)cc2)ccc1OCc1ccccc1F. The third-order valence-electron chi connectivity index (χ3n) is 4.41. The summed E-state index contributed by atoms with van der Waals surface area (Å²) in [6.07, 6.45) is 1.43. The van der Waals surface area contributed by atoms with Crippen LogP contribution in [0.5, 0.6) is 17.2 Å². The smallest absolute Gasteiger partial charge is 0.266 e. The Bertz CT molecular complexity index is 1170. The summed E-state index contributed by atoms with van der Waals surface area (Å²) >= 11 is 0. The number of halogens is 1. The van der Waals surface area contributed by atoms with Crippen molar-refractivity contribution in [3.8, 4) is 23.3 Å². The van der Waals surface area contributed by atoms with Gasteiger partial charge in [0, 0.05) is 11.3 Å². The van der Waals surface area contributed by atoms with Crippen molar-refractivity contribution < 1.29 is 23.8 Å². The Morgan fingerprint density at radius 2 is 1.84 bits per heavy atom. The lowest BCUT2D eigenvalue weighted by molar-refractivity contribution is -0.112. The molecule has 162 valence electrons. The largest absolute Gasteiger partial charge is 0.508 e. The molecule has 0 spiro atoms. The summed E-state index contributed by atoms with van der Waals surface area (Å²) in [5.41, 5.74) is 1.31. The minimum absolute atomic E-state index is 0.0282. The number of carbonyl (C=O) groups excluding carboxylic acids is 1. The number of hydrogen-bond donors (Lipinski definition) is 2. The third kappa shape index (κ3) is 5.86. The van der Waals surface area contributed by atoms with Gasteiger partial charge >= 0.3 is 0 Å². The van der Waals surface area contributed by atoms with Gasteiger partial charge in [0.2, 0.25) is 0 Å². The van der Waals surface area contributed by atoms with Gasteiger partial charge in [0.25, 0.3) is 5.91 Å². The number of amides is 1. The summed E-state index contributed by atoms with van der Waals surface area (Å²) in [5.74, 6) is -0.0488. The van der Waals surface area contributed by atoms with Crippen LogP contribution in [0.3, 0.4) is 0 Å². The fraction of sp³-hybridized carbons (Fsp3) is 0.120. The average Bonchev–Trinajstić information content (AvgIpc) is 2.79. The molecule has 0 saturated carbocycles. The number of hydrogen-bond acceptors (Lipinski definition) is 5. The molecular weight excluding hydrogens is 411 g/mol. The molecule has 0 unspecified atom stereocenters. The highest BCUT2D eigenvalue weighted by Gasteiger charge is 2.12. The normalized spacial score (nSPS) is 10.8. The van der Waals surface area contributed by atoms with Gasteiger partial charge in [-0.3, -0.25) is 4.79 Å². The number of nitriles is 1. The van der Waals surface area contributed by atoms with E-state index in [1.165, 1.54) is 36.4 Å². The first kappa shape index (κ1) is 22.4. The Morgan fingerprint density at radius 3 is 2.53 bits per heavy atom. The minimum atomic E-state index is -0.587. The van der Waals surface area contributed by atoms with Gasteiger partial charge in [0.05, 0.1) is 6.61 Å². The van der Waals surface area contributed by atoms with E-state index in [9.17, 15) is 19.6 Å². The summed E-state index contributed by atoms with van der Waals surface area (Å²) in [7, 11) is 0. The van der Waals surface area contributed by atoms with E-state index in [0.717, 1.165) is 0 Å². The van der Waals surface area contributed by atoms with E-state index in [1.54, 1.807) is 36.4 Å². The molecule has 0 aromatic heterocycles. The average molecular weight is 432 g/mol. The monoisotopic (exact) mass is 432 g/mol. The number of nitrogens with one attached hydrogen (secondary N) is 1. The van der Waals surface area contributed by atoms with Crippen LogP contribution in [0.1, 0.15) is 18.1 Å². The quantitative estimate of drug-likeness (QED) is 0.295. The molecule has 0 aliphatic heterocycles. The van der Waals surface area contributed by atoms with Gasteiger partial charge in [-0.25, -0.2) is 4.39 Å². The zero-order valence-electron chi connectivity index (χ0n) is 17.3. The second-order valence-corrected chi connectivity index (χ2v) is 6.69. The number of aromatic hydroxyl groups is 1. The molecule has 3 rings (SSSR count). The molecule has 7 heteroatoms. The van der Waals surface area contributed by atoms with Crippen molar-refractivity contribution >= 4 is 17.7 Å². The number of rotatable bonds is 8. The summed E-state index contributed by atoms with van der Waals surface area (Å²) < 4.78 is 25.2. The molecule has 0 fully saturated rings. The lowest BCUT2D eigenvalue weighted by Gasteiger charge is -2.13. The molecule has 3 aromatic carbocycles. The van der Waals surface area contributed by atoms with Crippen molar-refractivity contribution in [2.45, 2.75) is 13.5 Å². The summed E-state index contributed by atoms with van der Waals surface area (Å²) in [6.45, 7) is 2.21. The standard InChI is InChI=1S/C25H21FN2O4/c1-2-31-24-14-17(7-12-23(24)32-16-18-5-3-4-6-22(18)26)13-19(15-27)25(30)28-20-8-10-21(29)11-9-20/h3-14,29H,2,16H2,1H3,(H,28,30)/b19-13+. The lowest BCUT2D eigenvalue weighted by atomic mass is 10.1. The number of anilines is 1.